The molecule has 0 aliphatic rings. The highest BCUT2D eigenvalue weighted by Crippen LogP contribution is 2.18. The Morgan fingerprint density at radius 3 is 2.67 bits per heavy atom. The summed E-state index contributed by atoms with van der Waals surface area (Å²) in [4.78, 5) is 15.6. The van der Waals surface area contributed by atoms with E-state index in [0.29, 0.717) is 11.3 Å². The first kappa shape index (κ1) is 15.1. The van der Waals surface area contributed by atoms with Crippen LogP contribution in [0.1, 0.15) is 16.1 Å². The number of hydrogen-bond donors (Lipinski definition) is 2. The van der Waals surface area contributed by atoms with Crippen molar-refractivity contribution in [3.63, 3.8) is 0 Å². The maximum absolute atomic E-state index is 13.4. The van der Waals surface area contributed by atoms with Gasteiger partial charge < -0.3 is 5.32 Å². The van der Waals surface area contributed by atoms with E-state index < -0.39 is 26.6 Å². The van der Waals surface area contributed by atoms with Gasteiger partial charge in [-0.05, 0) is 37.3 Å². The van der Waals surface area contributed by atoms with E-state index in [1.165, 1.54) is 6.20 Å². The number of anilines is 1. The average molecular weight is 309 g/mol. The Balaban J connectivity index is 2.34. The van der Waals surface area contributed by atoms with Crippen LogP contribution in [-0.2, 0) is 10.0 Å². The largest absolute Gasteiger partial charge is 0.322 e. The van der Waals surface area contributed by atoms with Crippen molar-refractivity contribution in [2.24, 2.45) is 5.14 Å². The van der Waals surface area contributed by atoms with Gasteiger partial charge in [0.25, 0.3) is 5.91 Å². The van der Waals surface area contributed by atoms with Crippen molar-refractivity contribution in [2.75, 3.05) is 5.32 Å². The van der Waals surface area contributed by atoms with Crippen LogP contribution in [0.5, 0.6) is 0 Å². The number of nitrogens with zero attached hydrogens (tertiary/aromatic N) is 1. The molecule has 0 radical (unpaired) electrons. The number of aryl methyl sites for hydroxylation is 1. The van der Waals surface area contributed by atoms with Gasteiger partial charge in [0.2, 0.25) is 10.0 Å². The zero-order valence-corrected chi connectivity index (χ0v) is 11.8. The Kier molecular flexibility index (Phi) is 4.01. The van der Waals surface area contributed by atoms with E-state index in [2.05, 4.69) is 10.3 Å². The lowest BCUT2D eigenvalue weighted by atomic mass is 10.2. The summed E-state index contributed by atoms with van der Waals surface area (Å²) in [5.74, 6) is -1.34. The topological polar surface area (TPSA) is 102 Å². The van der Waals surface area contributed by atoms with Crippen LogP contribution < -0.4 is 10.5 Å². The van der Waals surface area contributed by atoms with Crippen molar-refractivity contribution in [3.8, 4) is 0 Å². The number of amides is 1. The monoisotopic (exact) mass is 309 g/mol. The van der Waals surface area contributed by atoms with Gasteiger partial charge in [-0.15, -0.1) is 0 Å². The summed E-state index contributed by atoms with van der Waals surface area (Å²) in [6.07, 6.45) is 1.54. The molecule has 1 aromatic carbocycles. The van der Waals surface area contributed by atoms with Gasteiger partial charge >= 0.3 is 0 Å². The van der Waals surface area contributed by atoms with Crippen LogP contribution in [0.15, 0.2) is 41.4 Å². The zero-order chi connectivity index (χ0) is 15.6. The third-order valence-electron chi connectivity index (χ3n) is 2.71. The molecule has 0 saturated carbocycles. The van der Waals surface area contributed by atoms with E-state index in [-0.39, 0.29) is 5.69 Å². The number of benzene rings is 1. The molecule has 0 aliphatic heterocycles. The second-order valence-corrected chi connectivity index (χ2v) is 5.87. The molecule has 0 saturated heterocycles. The van der Waals surface area contributed by atoms with Crippen LogP contribution >= 0.6 is 0 Å². The number of sulfonamides is 1. The quantitative estimate of drug-likeness (QED) is 0.895. The molecule has 1 aromatic heterocycles. The third kappa shape index (κ3) is 3.61. The van der Waals surface area contributed by atoms with Crippen LogP contribution in [-0.4, -0.2) is 19.3 Å². The SMILES string of the molecule is Cc1ncccc1C(=O)Nc1cc(F)cc(S(N)(=O)=O)c1. The number of rotatable bonds is 3. The van der Waals surface area contributed by atoms with Crippen LogP contribution in [0.3, 0.4) is 0 Å². The molecule has 0 unspecified atom stereocenters. The summed E-state index contributed by atoms with van der Waals surface area (Å²) < 4.78 is 35.9. The number of primary sulfonamides is 1. The molecule has 110 valence electrons. The summed E-state index contributed by atoms with van der Waals surface area (Å²) in [6, 6.07) is 6.00. The molecule has 0 aliphatic carbocycles. The molecule has 3 N–H and O–H groups in total. The van der Waals surface area contributed by atoms with Gasteiger partial charge in [-0.25, -0.2) is 17.9 Å². The molecule has 0 atom stereocenters. The zero-order valence-electron chi connectivity index (χ0n) is 11.0. The lowest BCUT2D eigenvalue weighted by molar-refractivity contribution is 0.102. The lowest BCUT2D eigenvalue weighted by Crippen LogP contribution is -2.16. The van der Waals surface area contributed by atoms with Gasteiger partial charge in [-0.1, -0.05) is 0 Å². The van der Waals surface area contributed by atoms with Crippen LogP contribution in [0.2, 0.25) is 0 Å². The van der Waals surface area contributed by atoms with Crippen LogP contribution in [0.4, 0.5) is 10.1 Å². The molecule has 8 heteroatoms. The predicted molar refractivity (Wildman–Crippen MR) is 74.7 cm³/mol. The summed E-state index contributed by atoms with van der Waals surface area (Å²) in [6.45, 7) is 1.65. The maximum Gasteiger partial charge on any atom is 0.257 e. The average Bonchev–Trinajstić information content (AvgIpc) is 2.37. The first-order chi connectivity index (χ1) is 9.77. The van der Waals surface area contributed by atoms with E-state index in [0.717, 1.165) is 18.2 Å². The molecular weight excluding hydrogens is 297 g/mol. The predicted octanol–water partition coefficient (Wildman–Crippen LogP) is 1.43. The Bertz CT molecular complexity index is 806. The van der Waals surface area contributed by atoms with Crippen molar-refractivity contribution in [2.45, 2.75) is 11.8 Å². The Morgan fingerprint density at radius 2 is 2.05 bits per heavy atom. The molecule has 0 bridgehead atoms. The summed E-state index contributed by atoms with van der Waals surface area (Å²) in [5.41, 5.74) is 0.796. The molecule has 1 amide bonds. The highest BCUT2D eigenvalue weighted by molar-refractivity contribution is 7.89. The second-order valence-electron chi connectivity index (χ2n) is 4.31. The highest BCUT2D eigenvalue weighted by Gasteiger charge is 2.14. The van der Waals surface area contributed by atoms with Gasteiger partial charge in [-0.2, -0.15) is 0 Å². The van der Waals surface area contributed by atoms with Crippen LogP contribution in [0, 0.1) is 12.7 Å². The van der Waals surface area contributed by atoms with E-state index in [1.54, 1.807) is 19.1 Å². The minimum atomic E-state index is -4.06. The van der Waals surface area contributed by atoms with E-state index >= 15 is 0 Å². The van der Waals surface area contributed by atoms with Gasteiger partial charge in [0.1, 0.15) is 5.82 Å². The molecular formula is C13H12FN3O3S. The number of pyridine rings is 1. The highest BCUT2D eigenvalue weighted by atomic mass is 32.2. The molecule has 21 heavy (non-hydrogen) atoms. The van der Waals surface area contributed by atoms with Gasteiger partial charge in [-0.3, -0.25) is 9.78 Å². The molecule has 6 nitrogen and oxygen atoms in total. The fraction of sp³-hybridized carbons (Fsp3) is 0.0769. The molecule has 1 heterocycles. The number of aromatic nitrogens is 1. The first-order valence-electron chi connectivity index (χ1n) is 5.84. The van der Waals surface area contributed by atoms with Gasteiger partial charge in [0.15, 0.2) is 0 Å². The summed E-state index contributed by atoms with van der Waals surface area (Å²) >= 11 is 0. The molecule has 0 spiro atoms. The maximum atomic E-state index is 13.4. The molecule has 0 fully saturated rings. The number of nitrogens with two attached hydrogens (primary N) is 1. The van der Waals surface area contributed by atoms with Crippen molar-refractivity contribution in [1.82, 2.24) is 4.98 Å². The first-order valence-corrected chi connectivity index (χ1v) is 7.38. The Morgan fingerprint density at radius 1 is 1.33 bits per heavy atom. The summed E-state index contributed by atoms with van der Waals surface area (Å²) in [7, 11) is -4.06. The second kappa shape index (κ2) is 5.58. The van der Waals surface area contributed by atoms with E-state index in [1.807, 2.05) is 0 Å². The number of carbonyl (C=O) groups is 1. The lowest BCUT2D eigenvalue weighted by Gasteiger charge is -2.08. The molecule has 2 rings (SSSR count). The van der Waals surface area contributed by atoms with Crippen molar-refractivity contribution in [3.05, 3.63) is 53.6 Å². The normalized spacial score (nSPS) is 11.2. The number of nitrogens with one attached hydrogen (secondary N) is 1. The number of carbonyl (C=O) groups excluding carboxylic acids is 1. The fourth-order valence-corrected chi connectivity index (χ4v) is 2.29. The number of halogens is 1. The van der Waals surface area contributed by atoms with Crippen LogP contribution in [0.25, 0.3) is 0 Å². The Labute approximate surface area is 120 Å². The number of hydrogen-bond acceptors (Lipinski definition) is 4. The smallest absolute Gasteiger partial charge is 0.257 e. The summed E-state index contributed by atoms with van der Waals surface area (Å²) in [5, 5.41) is 7.36. The van der Waals surface area contributed by atoms with Gasteiger partial charge in [0, 0.05) is 17.6 Å². The minimum absolute atomic E-state index is 0.00715. The fourth-order valence-electron chi connectivity index (χ4n) is 1.72. The van der Waals surface area contributed by atoms with E-state index in [4.69, 9.17) is 5.14 Å². The third-order valence-corrected chi connectivity index (χ3v) is 3.60. The standard InChI is InChI=1S/C13H12FN3O3S/c1-8-12(3-2-4-16-8)13(18)17-10-5-9(14)6-11(7-10)21(15,19)20/h2-7H,1H3,(H,17,18)(H2,15,19,20). The van der Waals surface area contributed by atoms with Crippen molar-refractivity contribution >= 4 is 21.6 Å². The van der Waals surface area contributed by atoms with Gasteiger partial charge in [0.05, 0.1) is 10.5 Å². The Hall–Kier alpha value is -2.32. The van der Waals surface area contributed by atoms with Crippen molar-refractivity contribution < 1.29 is 17.6 Å². The van der Waals surface area contributed by atoms with Crippen molar-refractivity contribution in [1.29, 1.82) is 0 Å². The van der Waals surface area contributed by atoms with E-state index in [9.17, 15) is 17.6 Å². The minimum Gasteiger partial charge on any atom is -0.322 e. The molecule has 2 aromatic rings.